The van der Waals surface area contributed by atoms with E-state index in [4.69, 9.17) is 32.7 Å². The zero-order valence-electron chi connectivity index (χ0n) is 16.5. The summed E-state index contributed by atoms with van der Waals surface area (Å²) >= 11 is 12.0. The van der Waals surface area contributed by atoms with Crippen molar-refractivity contribution in [3.63, 3.8) is 0 Å². The molecule has 1 amide bonds. The Morgan fingerprint density at radius 3 is 2.39 bits per heavy atom. The molecule has 0 aliphatic rings. The Hall–Kier alpha value is -2.94. The molecule has 0 saturated heterocycles. The summed E-state index contributed by atoms with van der Waals surface area (Å²) in [4.78, 5) is 12.6. The van der Waals surface area contributed by atoms with E-state index in [1.165, 1.54) is 50.6 Å². The molecule has 3 aromatic carbocycles. The zero-order chi connectivity index (χ0) is 22.6. The topological polar surface area (TPSA) is 93.7 Å². The third kappa shape index (κ3) is 5.41. The fourth-order valence-corrected chi connectivity index (χ4v) is 4.29. The van der Waals surface area contributed by atoms with Gasteiger partial charge in [-0.05, 0) is 48.5 Å². The molecule has 0 heterocycles. The summed E-state index contributed by atoms with van der Waals surface area (Å²) in [6.07, 6.45) is 0. The molecule has 0 aliphatic heterocycles. The first kappa shape index (κ1) is 22.7. The Labute approximate surface area is 189 Å². The van der Waals surface area contributed by atoms with Gasteiger partial charge in [-0.25, -0.2) is 8.42 Å². The Morgan fingerprint density at radius 1 is 0.935 bits per heavy atom. The van der Waals surface area contributed by atoms with Crippen LogP contribution in [-0.4, -0.2) is 28.5 Å². The van der Waals surface area contributed by atoms with Crippen LogP contribution in [0.2, 0.25) is 10.0 Å². The maximum absolute atomic E-state index is 12.9. The second-order valence-electron chi connectivity index (χ2n) is 6.28. The van der Waals surface area contributed by atoms with E-state index in [9.17, 15) is 13.2 Å². The van der Waals surface area contributed by atoms with Gasteiger partial charge in [-0.2, -0.15) is 0 Å². The van der Waals surface area contributed by atoms with Gasteiger partial charge in [0.2, 0.25) is 0 Å². The van der Waals surface area contributed by atoms with Crippen molar-refractivity contribution in [2.24, 2.45) is 0 Å². The van der Waals surface area contributed by atoms with Gasteiger partial charge in [-0.3, -0.25) is 9.52 Å². The molecule has 162 valence electrons. The van der Waals surface area contributed by atoms with Crippen LogP contribution in [0, 0.1) is 0 Å². The van der Waals surface area contributed by atoms with E-state index in [1.807, 2.05) is 0 Å². The predicted octanol–water partition coefficient (Wildman–Crippen LogP) is 5.06. The normalized spacial score (nSPS) is 11.0. The van der Waals surface area contributed by atoms with Crippen LogP contribution in [0.3, 0.4) is 0 Å². The van der Waals surface area contributed by atoms with Crippen LogP contribution in [0.5, 0.6) is 11.5 Å². The van der Waals surface area contributed by atoms with E-state index in [2.05, 4.69) is 10.0 Å². The van der Waals surface area contributed by atoms with Crippen molar-refractivity contribution < 1.29 is 22.7 Å². The highest BCUT2D eigenvalue weighted by molar-refractivity contribution is 7.92. The number of hydrogen-bond donors (Lipinski definition) is 2. The molecule has 0 aliphatic carbocycles. The molecule has 0 saturated carbocycles. The molecule has 0 unspecified atom stereocenters. The van der Waals surface area contributed by atoms with Crippen molar-refractivity contribution in [2.75, 3.05) is 24.3 Å². The minimum Gasteiger partial charge on any atom is -0.497 e. The number of sulfonamides is 1. The first-order valence-electron chi connectivity index (χ1n) is 8.85. The second-order valence-corrected chi connectivity index (χ2v) is 8.80. The molecule has 2 N–H and O–H groups in total. The maximum atomic E-state index is 12.9. The maximum Gasteiger partial charge on any atom is 0.261 e. The summed E-state index contributed by atoms with van der Waals surface area (Å²) < 4.78 is 38.6. The van der Waals surface area contributed by atoms with Crippen molar-refractivity contribution in [2.45, 2.75) is 4.90 Å². The van der Waals surface area contributed by atoms with E-state index < -0.39 is 15.9 Å². The summed E-state index contributed by atoms with van der Waals surface area (Å²) in [7, 11) is -1.07. The lowest BCUT2D eigenvalue weighted by Crippen LogP contribution is -2.16. The number of hydrogen-bond acceptors (Lipinski definition) is 5. The van der Waals surface area contributed by atoms with Crippen LogP contribution in [0.15, 0.2) is 65.6 Å². The van der Waals surface area contributed by atoms with E-state index in [1.54, 1.807) is 24.3 Å². The van der Waals surface area contributed by atoms with Crippen LogP contribution in [0.1, 0.15) is 10.4 Å². The molecule has 0 atom stereocenters. The SMILES string of the molecule is COc1cccc(NS(=O)(=O)c2ccc(OC)c(NC(=O)c3ccc(Cl)cc3Cl)c2)c1. The van der Waals surface area contributed by atoms with Crippen LogP contribution >= 0.6 is 23.2 Å². The third-order valence-electron chi connectivity index (χ3n) is 4.23. The molecule has 3 aromatic rings. The fraction of sp³-hybridized carbons (Fsp3) is 0.0952. The number of nitrogens with one attached hydrogen (secondary N) is 2. The number of methoxy groups -OCH3 is 2. The predicted molar refractivity (Wildman–Crippen MR) is 121 cm³/mol. The highest BCUT2D eigenvalue weighted by Crippen LogP contribution is 2.30. The minimum absolute atomic E-state index is 0.0753. The molecule has 3 rings (SSSR count). The Kier molecular flexibility index (Phi) is 6.94. The van der Waals surface area contributed by atoms with Gasteiger partial charge in [0.05, 0.1) is 41.1 Å². The number of carbonyl (C=O) groups is 1. The average molecular weight is 481 g/mol. The Balaban J connectivity index is 1.91. The summed E-state index contributed by atoms with van der Waals surface area (Å²) in [5, 5.41) is 3.17. The van der Waals surface area contributed by atoms with E-state index in [0.717, 1.165) is 0 Å². The first-order valence-corrected chi connectivity index (χ1v) is 11.1. The molecule has 0 fully saturated rings. The van der Waals surface area contributed by atoms with Crippen LogP contribution < -0.4 is 19.5 Å². The number of rotatable bonds is 7. The molecule has 31 heavy (non-hydrogen) atoms. The summed E-state index contributed by atoms with van der Waals surface area (Å²) in [6.45, 7) is 0. The number of carbonyl (C=O) groups excluding carboxylic acids is 1. The van der Waals surface area contributed by atoms with Crippen LogP contribution in [-0.2, 0) is 10.0 Å². The van der Waals surface area contributed by atoms with Crippen molar-refractivity contribution in [1.29, 1.82) is 0 Å². The van der Waals surface area contributed by atoms with Crippen molar-refractivity contribution in [1.82, 2.24) is 0 Å². The smallest absolute Gasteiger partial charge is 0.261 e. The highest BCUT2D eigenvalue weighted by Gasteiger charge is 2.19. The summed E-state index contributed by atoms with van der Waals surface area (Å²) in [5.41, 5.74) is 0.664. The number of amides is 1. The molecule has 0 aromatic heterocycles. The van der Waals surface area contributed by atoms with Crippen LogP contribution in [0.25, 0.3) is 0 Å². The highest BCUT2D eigenvalue weighted by atomic mass is 35.5. The first-order chi connectivity index (χ1) is 14.7. The van der Waals surface area contributed by atoms with E-state index in [-0.39, 0.29) is 26.9 Å². The molecular weight excluding hydrogens is 463 g/mol. The van der Waals surface area contributed by atoms with Gasteiger partial charge in [0, 0.05) is 11.1 Å². The van der Waals surface area contributed by atoms with E-state index >= 15 is 0 Å². The number of ether oxygens (including phenoxy) is 2. The van der Waals surface area contributed by atoms with Gasteiger partial charge < -0.3 is 14.8 Å². The molecule has 7 nitrogen and oxygen atoms in total. The van der Waals surface area contributed by atoms with Crippen molar-refractivity contribution >= 4 is 50.5 Å². The fourth-order valence-electron chi connectivity index (χ4n) is 2.72. The lowest BCUT2D eigenvalue weighted by Gasteiger charge is -2.14. The minimum atomic E-state index is -3.96. The standard InChI is InChI=1S/C21H18Cl2N2O5S/c1-29-15-5-3-4-14(11-15)25-31(27,28)16-7-9-20(30-2)19(12-16)24-21(26)17-8-6-13(22)10-18(17)23/h3-12,25H,1-2H3,(H,24,26). The lowest BCUT2D eigenvalue weighted by atomic mass is 10.2. The van der Waals surface area contributed by atoms with Gasteiger partial charge in [0.1, 0.15) is 11.5 Å². The summed E-state index contributed by atoms with van der Waals surface area (Å²) in [5.74, 6) is 0.233. The quantitative estimate of drug-likeness (QED) is 0.492. The van der Waals surface area contributed by atoms with Crippen molar-refractivity contribution in [3.8, 4) is 11.5 Å². The average Bonchev–Trinajstić information content (AvgIpc) is 2.73. The van der Waals surface area contributed by atoms with E-state index in [0.29, 0.717) is 16.5 Å². The molecule has 0 spiro atoms. The molecule has 0 radical (unpaired) electrons. The Bertz CT molecular complexity index is 1230. The Morgan fingerprint density at radius 2 is 1.71 bits per heavy atom. The van der Waals surface area contributed by atoms with Gasteiger partial charge >= 0.3 is 0 Å². The third-order valence-corrected chi connectivity index (χ3v) is 6.15. The van der Waals surface area contributed by atoms with Gasteiger partial charge in [-0.15, -0.1) is 0 Å². The number of halogens is 2. The number of anilines is 2. The molecule has 0 bridgehead atoms. The van der Waals surface area contributed by atoms with Gasteiger partial charge in [-0.1, -0.05) is 29.3 Å². The monoisotopic (exact) mass is 480 g/mol. The molecular formula is C21H18Cl2N2O5S. The largest absolute Gasteiger partial charge is 0.497 e. The lowest BCUT2D eigenvalue weighted by molar-refractivity contribution is 0.102. The number of benzene rings is 3. The van der Waals surface area contributed by atoms with Gasteiger partial charge in [0.25, 0.3) is 15.9 Å². The summed E-state index contributed by atoms with van der Waals surface area (Å²) in [6, 6.07) is 15.0. The van der Waals surface area contributed by atoms with Crippen LogP contribution in [0.4, 0.5) is 11.4 Å². The zero-order valence-corrected chi connectivity index (χ0v) is 18.8. The second kappa shape index (κ2) is 9.47. The van der Waals surface area contributed by atoms with Gasteiger partial charge in [0.15, 0.2) is 0 Å². The van der Waals surface area contributed by atoms with Crippen molar-refractivity contribution in [3.05, 3.63) is 76.3 Å². The molecule has 10 heteroatoms.